The summed E-state index contributed by atoms with van der Waals surface area (Å²) in [5.74, 6) is 0.179. The van der Waals surface area contributed by atoms with Crippen LogP contribution in [0.25, 0.3) is 0 Å². The van der Waals surface area contributed by atoms with Crippen molar-refractivity contribution in [3.8, 4) is 0 Å². The molecule has 0 unspecified atom stereocenters. The van der Waals surface area contributed by atoms with Crippen LogP contribution < -0.4 is 0 Å². The van der Waals surface area contributed by atoms with Gasteiger partial charge in [-0.1, -0.05) is 0 Å². The molecule has 0 fully saturated rings. The molecule has 0 heterocycles. The SMILES string of the molecule is CP(C)C(=O)CCl. The summed E-state index contributed by atoms with van der Waals surface area (Å²) in [6.07, 6.45) is 0. The molecule has 1 nitrogen and oxygen atoms in total. The largest absolute Gasteiger partial charge is 0.293 e. The Morgan fingerprint density at radius 3 is 2.14 bits per heavy atom. The molecule has 0 rings (SSSR count). The van der Waals surface area contributed by atoms with Crippen LogP contribution >= 0.6 is 19.5 Å². The molecule has 0 radical (unpaired) electrons. The second-order valence-corrected chi connectivity index (χ2v) is 3.98. The molecule has 0 saturated carbocycles. The molecular weight excluding hydrogens is 130 g/mol. The molecule has 3 heteroatoms. The first-order chi connectivity index (χ1) is 3.18. The third kappa shape index (κ3) is 3.02. The van der Waals surface area contributed by atoms with E-state index < -0.39 is 7.92 Å². The van der Waals surface area contributed by atoms with Crippen molar-refractivity contribution < 1.29 is 4.79 Å². The summed E-state index contributed by atoms with van der Waals surface area (Å²) < 4.78 is 0. The number of halogens is 1. The number of carbonyl (C=O) groups is 1. The lowest BCUT2D eigenvalue weighted by atomic mass is 10.9. The molecule has 0 amide bonds. The fourth-order valence-corrected chi connectivity index (χ4v) is 1.08. The van der Waals surface area contributed by atoms with Gasteiger partial charge in [-0.25, -0.2) is 0 Å². The van der Waals surface area contributed by atoms with Gasteiger partial charge in [0, 0.05) is 0 Å². The Hall–Kier alpha value is 0.390. The van der Waals surface area contributed by atoms with E-state index in [9.17, 15) is 4.79 Å². The predicted octanol–water partition coefficient (Wildman–Crippen LogP) is 1.49. The maximum atomic E-state index is 10.4. The molecule has 7 heavy (non-hydrogen) atoms. The van der Waals surface area contributed by atoms with Crippen molar-refractivity contribution in [2.45, 2.75) is 0 Å². The van der Waals surface area contributed by atoms with E-state index in [1.165, 1.54) is 0 Å². The highest BCUT2D eigenvalue weighted by Gasteiger charge is 2.01. The quantitative estimate of drug-likeness (QED) is 0.418. The molecule has 0 saturated heterocycles. The first kappa shape index (κ1) is 7.39. The van der Waals surface area contributed by atoms with Crippen molar-refractivity contribution in [1.29, 1.82) is 0 Å². The Kier molecular flexibility index (Phi) is 3.59. The lowest BCUT2D eigenvalue weighted by Gasteiger charge is -1.95. The predicted molar refractivity (Wildman–Crippen MR) is 34.5 cm³/mol. The zero-order chi connectivity index (χ0) is 5.86. The molecule has 0 aliphatic carbocycles. The lowest BCUT2D eigenvalue weighted by Crippen LogP contribution is -1.92. The average Bonchev–Trinajstić information content (AvgIpc) is 1.65. The Labute approximate surface area is 49.8 Å². The summed E-state index contributed by atoms with van der Waals surface area (Å²) in [5, 5.41) is 0. The van der Waals surface area contributed by atoms with Gasteiger partial charge in [-0.3, -0.25) is 4.79 Å². The summed E-state index contributed by atoms with van der Waals surface area (Å²) in [6.45, 7) is 3.81. The van der Waals surface area contributed by atoms with Crippen molar-refractivity contribution in [2.75, 3.05) is 19.2 Å². The van der Waals surface area contributed by atoms with Crippen LogP contribution in [0.5, 0.6) is 0 Å². The standard InChI is InChI=1S/C4H8ClOP/c1-7(2)4(6)3-5/h3H2,1-2H3. The normalized spacial score (nSPS) is 9.71. The van der Waals surface area contributed by atoms with E-state index in [4.69, 9.17) is 11.6 Å². The van der Waals surface area contributed by atoms with Gasteiger partial charge in [0.2, 0.25) is 0 Å². The number of rotatable bonds is 2. The minimum Gasteiger partial charge on any atom is -0.293 e. The van der Waals surface area contributed by atoms with Gasteiger partial charge >= 0.3 is 0 Å². The Bertz CT molecular complexity index is 72.1. The first-order valence-electron chi connectivity index (χ1n) is 1.94. The van der Waals surface area contributed by atoms with Gasteiger partial charge in [0.25, 0.3) is 0 Å². The summed E-state index contributed by atoms with van der Waals surface area (Å²) >= 11 is 5.21. The molecule has 0 spiro atoms. The van der Waals surface area contributed by atoms with Crippen LogP contribution in [0.2, 0.25) is 0 Å². The van der Waals surface area contributed by atoms with Gasteiger partial charge in [0.1, 0.15) is 0 Å². The smallest absolute Gasteiger partial charge is 0.168 e. The van der Waals surface area contributed by atoms with E-state index in [0.717, 1.165) is 0 Å². The number of alkyl halides is 1. The molecule has 0 atom stereocenters. The van der Waals surface area contributed by atoms with E-state index in [0.29, 0.717) is 0 Å². The molecule has 0 aromatic heterocycles. The molecule has 0 aromatic rings. The molecule has 0 bridgehead atoms. The highest BCUT2D eigenvalue weighted by molar-refractivity contribution is 7.73. The number of carbonyl (C=O) groups excluding carboxylic acids is 1. The molecule has 0 aliphatic rings. The maximum absolute atomic E-state index is 10.4. The minimum atomic E-state index is -0.433. The van der Waals surface area contributed by atoms with Crippen LogP contribution in [0.15, 0.2) is 0 Å². The van der Waals surface area contributed by atoms with E-state index in [2.05, 4.69) is 0 Å². The summed E-state index contributed by atoms with van der Waals surface area (Å²) in [6, 6.07) is 0. The minimum absolute atomic E-state index is 0.177. The van der Waals surface area contributed by atoms with Gasteiger partial charge in [-0.2, -0.15) is 0 Å². The highest BCUT2D eigenvalue weighted by atomic mass is 35.5. The second kappa shape index (κ2) is 3.40. The number of hydrogen-bond donors (Lipinski definition) is 0. The summed E-state index contributed by atoms with van der Waals surface area (Å²) in [5.41, 5.74) is 0.177. The lowest BCUT2D eigenvalue weighted by molar-refractivity contribution is -0.109. The van der Waals surface area contributed by atoms with Crippen molar-refractivity contribution in [2.24, 2.45) is 0 Å². The second-order valence-electron chi connectivity index (χ2n) is 1.42. The third-order valence-electron chi connectivity index (χ3n) is 0.613. The van der Waals surface area contributed by atoms with Crippen LogP contribution in [0.1, 0.15) is 0 Å². The van der Waals surface area contributed by atoms with Crippen molar-refractivity contribution in [3.05, 3.63) is 0 Å². The Balaban J connectivity index is 3.35. The summed E-state index contributed by atoms with van der Waals surface area (Å²) in [7, 11) is -0.433. The van der Waals surface area contributed by atoms with E-state index in [-0.39, 0.29) is 11.4 Å². The molecular formula is C4H8ClOP. The first-order valence-corrected chi connectivity index (χ1v) is 4.71. The van der Waals surface area contributed by atoms with Crippen molar-refractivity contribution >= 4 is 25.0 Å². The monoisotopic (exact) mass is 138 g/mol. The molecule has 0 aromatic carbocycles. The zero-order valence-electron chi connectivity index (χ0n) is 4.44. The Morgan fingerprint density at radius 2 is 2.14 bits per heavy atom. The molecule has 42 valence electrons. The van der Waals surface area contributed by atoms with Gasteiger partial charge in [-0.15, -0.1) is 11.6 Å². The summed E-state index contributed by atoms with van der Waals surface area (Å²) in [4.78, 5) is 10.4. The van der Waals surface area contributed by atoms with Gasteiger partial charge < -0.3 is 0 Å². The van der Waals surface area contributed by atoms with Gasteiger partial charge in [0.05, 0.1) is 5.88 Å². The van der Waals surface area contributed by atoms with Crippen molar-refractivity contribution in [3.63, 3.8) is 0 Å². The van der Waals surface area contributed by atoms with Crippen LogP contribution in [-0.4, -0.2) is 24.7 Å². The average molecular weight is 139 g/mol. The van der Waals surface area contributed by atoms with Gasteiger partial charge in [-0.05, 0) is 21.3 Å². The molecule has 0 N–H and O–H groups in total. The molecule has 0 aliphatic heterocycles. The van der Waals surface area contributed by atoms with Crippen LogP contribution in [-0.2, 0) is 4.79 Å². The van der Waals surface area contributed by atoms with Crippen LogP contribution in [0.3, 0.4) is 0 Å². The zero-order valence-corrected chi connectivity index (χ0v) is 6.09. The van der Waals surface area contributed by atoms with Gasteiger partial charge in [0.15, 0.2) is 5.52 Å². The topological polar surface area (TPSA) is 17.1 Å². The Morgan fingerprint density at radius 1 is 1.71 bits per heavy atom. The van der Waals surface area contributed by atoms with E-state index in [1.54, 1.807) is 0 Å². The maximum Gasteiger partial charge on any atom is 0.168 e. The highest BCUT2D eigenvalue weighted by Crippen LogP contribution is 2.25. The van der Waals surface area contributed by atoms with Crippen LogP contribution in [0.4, 0.5) is 0 Å². The fraction of sp³-hybridized carbons (Fsp3) is 0.750. The third-order valence-corrected chi connectivity index (χ3v) is 2.20. The van der Waals surface area contributed by atoms with E-state index >= 15 is 0 Å². The van der Waals surface area contributed by atoms with Crippen LogP contribution in [0, 0.1) is 0 Å². The fourth-order valence-electron chi connectivity index (χ4n) is 0.120. The number of hydrogen-bond acceptors (Lipinski definition) is 1. The van der Waals surface area contributed by atoms with Crippen molar-refractivity contribution in [1.82, 2.24) is 0 Å². The van der Waals surface area contributed by atoms with E-state index in [1.807, 2.05) is 13.3 Å².